The van der Waals surface area contributed by atoms with Crippen LogP contribution in [0.25, 0.3) is 11.0 Å². The van der Waals surface area contributed by atoms with Crippen LogP contribution in [0.3, 0.4) is 0 Å². The molecule has 1 aliphatic rings. The van der Waals surface area contributed by atoms with Crippen LogP contribution in [0.2, 0.25) is 0 Å². The fourth-order valence-corrected chi connectivity index (χ4v) is 2.24. The molecule has 1 atom stereocenters. The number of hydrogen-bond acceptors (Lipinski definition) is 2. The quantitative estimate of drug-likeness (QED) is 0.712. The minimum Gasteiger partial charge on any atom is -0.345 e. The molecule has 0 amide bonds. The van der Waals surface area contributed by atoms with Crippen molar-refractivity contribution in [1.29, 1.82) is 0 Å². The maximum Gasteiger partial charge on any atom is 0.0931 e. The molecule has 1 saturated heterocycles. The summed E-state index contributed by atoms with van der Waals surface area (Å²) in [5, 5.41) is 3.39. The number of nitrogens with zero attached hydrogens (tertiary/aromatic N) is 1. The molecule has 2 N–H and O–H groups in total. The first-order valence-corrected chi connectivity index (χ1v) is 5.08. The lowest BCUT2D eigenvalue weighted by molar-refractivity contribution is 0.768. The zero-order valence-electron chi connectivity index (χ0n) is 7.96. The molecule has 2 heterocycles. The third kappa shape index (κ3) is 1.13. The van der Waals surface area contributed by atoms with E-state index in [1.807, 2.05) is 0 Å². The van der Waals surface area contributed by atoms with Gasteiger partial charge in [0.1, 0.15) is 0 Å². The number of fused-ring (bicyclic) bond motifs is 1. The van der Waals surface area contributed by atoms with Crippen molar-refractivity contribution < 1.29 is 0 Å². The fraction of sp³-hybridized carbons (Fsp3) is 0.364. The van der Waals surface area contributed by atoms with Gasteiger partial charge in [-0.3, -0.25) is 0 Å². The minimum absolute atomic E-state index is 0.641. The Hall–Kier alpha value is -1.35. The second kappa shape index (κ2) is 3.10. The number of hydrogen-bond donors (Lipinski definition) is 2. The smallest absolute Gasteiger partial charge is 0.0931 e. The first-order valence-electron chi connectivity index (χ1n) is 5.08. The molecule has 1 aliphatic heterocycles. The Balaban J connectivity index is 2.14. The molecule has 1 aromatic heterocycles. The SMILES string of the molecule is c1cc(C2CCNC2)c2nc[nH]c2c1. The van der Waals surface area contributed by atoms with E-state index in [1.165, 1.54) is 12.0 Å². The Bertz CT molecular complexity index is 440. The summed E-state index contributed by atoms with van der Waals surface area (Å²) in [5.41, 5.74) is 3.67. The van der Waals surface area contributed by atoms with Crippen LogP contribution in [0.4, 0.5) is 0 Å². The first-order chi connectivity index (χ1) is 6.95. The summed E-state index contributed by atoms with van der Waals surface area (Å²) in [6.07, 6.45) is 3.00. The number of aromatic amines is 1. The zero-order chi connectivity index (χ0) is 9.38. The highest BCUT2D eigenvalue weighted by atomic mass is 14.9. The average Bonchev–Trinajstić information content (AvgIpc) is 2.88. The number of aromatic nitrogens is 2. The fourth-order valence-electron chi connectivity index (χ4n) is 2.24. The van der Waals surface area contributed by atoms with Gasteiger partial charge in [-0.2, -0.15) is 0 Å². The van der Waals surface area contributed by atoms with Crippen LogP contribution >= 0.6 is 0 Å². The van der Waals surface area contributed by atoms with Crippen molar-refractivity contribution in [3.63, 3.8) is 0 Å². The summed E-state index contributed by atoms with van der Waals surface area (Å²) >= 11 is 0. The Kier molecular flexibility index (Phi) is 1.77. The molecule has 3 nitrogen and oxygen atoms in total. The van der Waals surface area contributed by atoms with Crippen LogP contribution in [0.5, 0.6) is 0 Å². The van der Waals surface area contributed by atoms with Crippen molar-refractivity contribution in [2.75, 3.05) is 13.1 Å². The van der Waals surface area contributed by atoms with Crippen molar-refractivity contribution in [3.05, 3.63) is 30.1 Å². The van der Waals surface area contributed by atoms with Gasteiger partial charge >= 0.3 is 0 Å². The summed E-state index contributed by atoms with van der Waals surface area (Å²) in [6, 6.07) is 6.38. The highest BCUT2D eigenvalue weighted by molar-refractivity contribution is 5.78. The molecule has 72 valence electrons. The predicted octanol–water partition coefficient (Wildman–Crippen LogP) is 1.64. The third-order valence-electron chi connectivity index (χ3n) is 2.98. The van der Waals surface area contributed by atoms with Gasteiger partial charge in [-0.15, -0.1) is 0 Å². The van der Waals surface area contributed by atoms with E-state index in [2.05, 4.69) is 33.5 Å². The molecule has 0 spiro atoms. The van der Waals surface area contributed by atoms with E-state index in [1.54, 1.807) is 6.33 Å². The molecule has 3 rings (SSSR count). The van der Waals surface area contributed by atoms with Gasteiger partial charge in [0.25, 0.3) is 0 Å². The summed E-state index contributed by atoms with van der Waals surface area (Å²) in [6.45, 7) is 2.22. The zero-order valence-corrected chi connectivity index (χ0v) is 7.96. The number of nitrogens with one attached hydrogen (secondary N) is 2. The second-order valence-electron chi connectivity index (χ2n) is 3.84. The van der Waals surface area contributed by atoms with E-state index in [4.69, 9.17) is 0 Å². The Morgan fingerprint density at radius 2 is 2.36 bits per heavy atom. The van der Waals surface area contributed by atoms with Crippen LogP contribution < -0.4 is 5.32 Å². The molecule has 1 fully saturated rings. The molecular formula is C11H13N3. The lowest BCUT2D eigenvalue weighted by Gasteiger charge is -2.08. The van der Waals surface area contributed by atoms with Crippen LogP contribution in [0.1, 0.15) is 17.9 Å². The van der Waals surface area contributed by atoms with E-state index in [0.29, 0.717) is 5.92 Å². The molecular weight excluding hydrogens is 174 g/mol. The van der Waals surface area contributed by atoms with E-state index in [-0.39, 0.29) is 0 Å². The Labute approximate surface area is 82.5 Å². The van der Waals surface area contributed by atoms with Gasteiger partial charge in [0.05, 0.1) is 17.4 Å². The van der Waals surface area contributed by atoms with Gasteiger partial charge in [-0.1, -0.05) is 12.1 Å². The van der Waals surface area contributed by atoms with Crippen LogP contribution in [-0.2, 0) is 0 Å². The molecule has 0 radical (unpaired) electrons. The normalized spacial score (nSPS) is 21.9. The standard InChI is InChI=1S/C11H13N3/c1-2-9(8-4-5-12-6-8)11-10(3-1)13-7-14-11/h1-3,7-8,12H,4-6H2,(H,13,14). The Morgan fingerprint density at radius 3 is 3.21 bits per heavy atom. The van der Waals surface area contributed by atoms with E-state index >= 15 is 0 Å². The second-order valence-corrected chi connectivity index (χ2v) is 3.84. The number of para-hydroxylation sites is 1. The lowest BCUT2D eigenvalue weighted by Crippen LogP contribution is -2.08. The van der Waals surface area contributed by atoms with Crippen molar-refractivity contribution in [3.8, 4) is 0 Å². The summed E-state index contributed by atoms with van der Waals surface area (Å²) < 4.78 is 0. The highest BCUT2D eigenvalue weighted by Gasteiger charge is 2.19. The van der Waals surface area contributed by atoms with Gasteiger partial charge in [-0.25, -0.2) is 4.98 Å². The van der Waals surface area contributed by atoms with Gasteiger partial charge in [0.15, 0.2) is 0 Å². The van der Waals surface area contributed by atoms with Crippen LogP contribution in [0, 0.1) is 0 Å². The average molecular weight is 187 g/mol. The molecule has 14 heavy (non-hydrogen) atoms. The van der Waals surface area contributed by atoms with E-state index in [9.17, 15) is 0 Å². The minimum atomic E-state index is 0.641. The summed E-state index contributed by atoms with van der Waals surface area (Å²) in [7, 11) is 0. The largest absolute Gasteiger partial charge is 0.345 e. The first kappa shape index (κ1) is 8.00. The molecule has 3 heteroatoms. The molecule has 1 unspecified atom stereocenters. The predicted molar refractivity (Wildman–Crippen MR) is 56.3 cm³/mol. The molecule has 2 aromatic rings. The number of H-pyrrole nitrogens is 1. The van der Waals surface area contributed by atoms with E-state index < -0.39 is 0 Å². The van der Waals surface area contributed by atoms with Crippen LogP contribution in [0.15, 0.2) is 24.5 Å². The van der Waals surface area contributed by atoms with Crippen LogP contribution in [-0.4, -0.2) is 23.1 Å². The van der Waals surface area contributed by atoms with Crippen molar-refractivity contribution in [2.45, 2.75) is 12.3 Å². The van der Waals surface area contributed by atoms with Crippen molar-refractivity contribution >= 4 is 11.0 Å². The van der Waals surface area contributed by atoms with Crippen molar-refractivity contribution in [2.24, 2.45) is 0 Å². The molecule has 0 bridgehead atoms. The third-order valence-corrected chi connectivity index (χ3v) is 2.98. The van der Waals surface area contributed by atoms with Gasteiger partial charge in [0, 0.05) is 6.54 Å². The lowest BCUT2D eigenvalue weighted by atomic mass is 9.97. The summed E-state index contributed by atoms with van der Waals surface area (Å²) in [4.78, 5) is 7.53. The number of rotatable bonds is 1. The number of benzene rings is 1. The topological polar surface area (TPSA) is 40.7 Å². The Morgan fingerprint density at radius 1 is 1.36 bits per heavy atom. The highest BCUT2D eigenvalue weighted by Crippen LogP contribution is 2.27. The number of imidazole rings is 1. The maximum atomic E-state index is 4.38. The van der Waals surface area contributed by atoms with Gasteiger partial charge < -0.3 is 10.3 Å². The molecule has 0 saturated carbocycles. The van der Waals surface area contributed by atoms with E-state index in [0.717, 1.165) is 24.1 Å². The van der Waals surface area contributed by atoms with Crippen molar-refractivity contribution in [1.82, 2.24) is 15.3 Å². The molecule has 1 aromatic carbocycles. The molecule has 0 aliphatic carbocycles. The van der Waals surface area contributed by atoms with Gasteiger partial charge in [0.2, 0.25) is 0 Å². The van der Waals surface area contributed by atoms with Gasteiger partial charge in [-0.05, 0) is 30.5 Å². The summed E-state index contributed by atoms with van der Waals surface area (Å²) in [5.74, 6) is 0.641. The monoisotopic (exact) mass is 187 g/mol. The maximum absolute atomic E-state index is 4.38.